The zero-order valence-corrected chi connectivity index (χ0v) is 13.4. The van der Waals surface area contributed by atoms with Gasteiger partial charge in [-0.3, -0.25) is 0 Å². The molecule has 1 unspecified atom stereocenters. The van der Waals surface area contributed by atoms with Crippen molar-refractivity contribution in [2.45, 2.75) is 38.4 Å². The Bertz CT molecular complexity index is 603. The number of hydrogen-bond donors (Lipinski definition) is 1. The minimum atomic E-state index is -1.00. The van der Waals surface area contributed by atoms with Gasteiger partial charge in [-0.15, -0.1) is 0 Å². The van der Waals surface area contributed by atoms with Crippen molar-refractivity contribution in [3.05, 3.63) is 36.1 Å². The Hall–Kier alpha value is -1.13. The molecule has 0 saturated heterocycles. The molecule has 0 aliphatic heterocycles. The first-order valence-corrected chi connectivity index (χ1v) is 8.13. The summed E-state index contributed by atoms with van der Waals surface area (Å²) in [5.41, 5.74) is 2.21. The van der Waals surface area contributed by atoms with E-state index in [0.29, 0.717) is 5.92 Å². The fraction of sp³-hybridized carbons (Fsp3) is 0.500. The molecule has 1 N–H and O–H groups in total. The van der Waals surface area contributed by atoms with Gasteiger partial charge in [0.05, 0.1) is 22.0 Å². The zero-order chi connectivity index (χ0) is 14.8. The van der Waals surface area contributed by atoms with Crippen molar-refractivity contribution >= 4 is 22.0 Å². The summed E-state index contributed by atoms with van der Waals surface area (Å²) in [5, 5.41) is 1.14. The first kappa shape index (κ1) is 15.3. The van der Waals surface area contributed by atoms with Gasteiger partial charge in [0, 0.05) is 5.39 Å². The topological polar surface area (TPSA) is 42.2 Å². The smallest absolute Gasteiger partial charge is 0.134 e. The van der Waals surface area contributed by atoms with Crippen LogP contribution in [0.3, 0.4) is 0 Å². The van der Waals surface area contributed by atoms with E-state index in [2.05, 4.69) is 29.8 Å². The van der Waals surface area contributed by atoms with Crippen molar-refractivity contribution < 1.29 is 8.63 Å². The maximum absolute atomic E-state index is 11.9. The zero-order valence-electron chi connectivity index (χ0n) is 12.6. The van der Waals surface area contributed by atoms with Crippen LogP contribution in [0.4, 0.5) is 0 Å². The summed E-state index contributed by atoms with van der Waals surface area (Å²) in [7, 11) is 0.743. The van der Waals surface area contributed by atoms with Crippen LogP contribution in [-0.4, -0.2) is 16.0 Å². The lowest BCUT2D eigenvalue weighted by atomic mass is 9.92. The van der Waals surface area contributed by atoms with E-state index in [0.717, 1.165) is 23.8 Å². The third kappa shape index (κ3) is 3.49. The Kier molecular flexibility index (Phi) is 4.66. The summed E-state index contributed by atoms with van der Waals surface area (Å²) in [5.74, 6) is 0.467. The number of furan rings is 1. The van der Waals surface area contributed by atoms with Crippen LogP contribution in [0.25, 0.3) is 11.0 Å². The highest BCUT2D eigenvalue weighted by molar-refractivity contribution is 7.84. The Labute approximate surface area is 123 Å². The van der Waals surface area contributed by atoms with Gasteiger partial charge in [-0.2, -0.15) is 0 Å². The molecule has 3 nitrogen and oxygen atoms in total. The van der Waals surface area contributed by atoms with Crippen LogP contribution < -0.4 is 4.72 Å². The number of nitrogens with one attached hydrogen (secondary N) is 1. The number of fused-ring (bicyclic) bond motifs is 1. The molecular formula is C16H23NO2S. The third-order valence-electron chi connectivity index (χ3n) is 3.63. The van der Waals surface area contributed by atoms with Gasteiger partial charge in [-0.25, -0.2) is 8.93 Å². The SMILES string of the molecule is CNS(=O)C(C)(C)C[C@@H](C)Cc1ccc2ccoc2c1. The van der Waals surface area contributed by atoms with Crippen LogP contribution in [0.15, 0.2) is 34.9 Å². The average molecular weight is 293 g/mol. The summed E-state index contributed by atoms with van der Waals surface area (Å²) in [4.78, 5) is 0. The molecule has 2 atom stereocenters. The molecule has 0 fully saturated rings. The molecule has 0 amide bonds. The molecule has 0 aliphatic carbocycles. The second-order valence-corrected chi connectivity index (χ2v) is 8.09. The van der Waals surface area contributed by atoms with Gasteiger partial charge < -0.3 is 4.42 Å². The van der Waals surface area contributed by atoms with Crippen molar-refractivity contribution in [2.75, 3.05) is 7.05 Å². The molecule has 4 heteroatoms. The van der Waals surface area contributed by atoms with Crippen LogP contribution in [-0.2, 0) is 17.4 Å². The van der Waals surface area contributed by atoms with E-state index in [1.54, 1.807) is 13.3 Å². The summed E-state index contributed by atoms with van der Waals surface area (Å²) >= 11 is 0. The van der Waals surface area contributed by atoms with E-state index >= 15 is 0 Å². The van der Waals surface area contributed by atoms with E-state index in [9.17, 15) is 4.21 Å². The fourth-order valence-corrected chi connectivity index (χ4v) is 3.78. The molecule has 0 aliphatic rings. The van der Waals surface area contributed by atoms with E-state index in [1.807, 2.05) is 19.9 Å². The molecule has 1 aromatic carbocycles. The molecule has 1 aromatic heterocycles. The van der Waals surface area contributed by atoms with Crippen molar-refractivity contribution in [3.63, 3.8) is 0 Å². The molecule has 2 rings (SSSR count). The molecule has 2 aromatic rings. The lowest BCUT2D eigenvalue weighted by molar-refractivity contribution is 0.453. The van der Waals surface area contributed by atoms with E-state index in [4.69, 9.17) is 4.42 Å². The van der Waals surface area contributed by atoms with Crippen molar-refractivity contribution in [2.24, 2.45) is 5.92 Å². The van der Waals surface area contributed by atoms with Gasteiger partial charge in [0.2, 0.25) is 0 Å². The Morgan fingerprint density at radius 2 is 2.10 bits per heavy atom. The average Bonchev–Trinajstić information content (AvgIpc) is 2.84. The Morgan fingerprint density at radius 1 is 1.35 bits per heavy atom. The third-order valence-corrected chi connectivity index (χ3v) is 5.17. The van der Waals surface area contributed by atoms with Crippen LogP contribution in [0.5, 0.6) is 0 Å². The van der Waals surface area contributed by atoms with Gasteiger partial charge in [-0.05, 0) is 57.4 Å². The van der Waals surface area contributed by atoms with E-state index < -0.39 is 11.0 Å². The standard InChI is InChI=1S/C16H23NO2S/c1-12(11-16(2,3)20(18)17-4)9-13-5-6-14-7-8-19-15(14)10-13/h5-8,10,12,17H,9,11H2,1-4H3/t12-,20?/m0/s1. The van der Waals surface area contributed by atoms with Crippen LogP contribution in [0, 0.1) is 5.92 Å². The summed E-state index contributed by atoms with van der Waals surface area (Å²) in [6.45, 7) is 6.30. The summed E-state index contributed by atoms with van der Waals surface area (Å²) in [6, 6.07) is 8.32. The maximum atomic E-state index is 11.9. The van der Waals surface area contributed by atoms with Crippen molar-refractivity contribution in [3.8, 4) is 0 Å². The van der Waals surface area contributed by atoms with Gasteiger partial charge in [0.25, 0.3) is 0 Å². The second kappa shape index (κ2) is 6.10. The van der Waals surface area contributed by atoms with Crippen LogP contribution in [0.1, 0.15) is 32.8 Å². The molecular weight excluding hydrogens is 270 g/mol. The number of benzene rings is 1. The second-order valence-electron chi connectivity index (χ2n) is 6.04. The number of hydrogen-bond acceptors (Lipinski definition) is 2. The minimum absolute atomic E-state index is 0.219. The largest absolute Gasteiger partial charge is 0.464 e. The van der Waals surface area contributed by atoms with Gasteiger partial charge in [0.15, 0.2) is 0 Å². The van der Waals surface area contributed by atoms with Crippen LogP contribution in [0.2, 0.25) is 0 Å². The molecule has 0 saturated carbocycles. The van der Waals surface area contributed by atoms with Gasteiger partial charge >= 0.3 is 0 Å². The molecule has 0 bridgehead atoms. The normalized spacial score (nSPS) is 15.4. The highest BCUT2D eigenvalue weighted by Gasteiger charge is 2.27. The highest BCUT2D eigenvalue weighted by Crippen LogP contribution is 2.25. The first-order valence-electron chi connectivity index (χ1n) is 6.98. The van der Waals surface area contributed by atoms with E-state index in [1.165, 1.54) is 5.56 Å². The maximum Gasteiger partial charge on any atom is 0.134 e. The van der Waals surface area contributed by atoms with Crippen molar-refractivity contribution in [1.29, 1.82) is 0 Å². The molecule has 0 spiro atoms. The summed E-state index contributed by atoms with van der Waals surface area (Å²) < 4.78 is 20.0. The molecule has 0 radical (unpaired) electrons. The van der Waals surface area contributed by atoms with Gasteiger partial charge in [0.1, 0.15) is 5.58 Å². The summed E-state index contributed by atoms with van der Waals surface area (Å²) in [6.07, 6.45) is 3.61. The van der Waals surface area contributed by atoms with Crippen molar-refractivity contribution in [1.82, 2.24) is 4.72 Å². The predicted molar refractivity (Wildman–Crippen MR) is 85.0 cm³/mol. The lowest BCUT2D eigenvalue weighted by Gasteiger charge is -2.26. The fourth-order valence-electron chi connectivity index (χ4n) is 2.79. The van der Waals surface area contributed by atoms with Crippen LogP contribution >= 0.6 is 0 Å². The minimum Gasteiger partial charge on any atom is -0.464 e. The number of rotatable bonds is 6. The molecule has 110 valence electrons. The predicted octanol–water partition coefficient (Wildman–Crippen LogP) is 3.66. The Morgan fingerprint density at radius 3 is 2.80 bits per heavy atom. The molecule has 1 heterocycles. The lowest BCUT2D eigenvalue weighted by Crippen LogP contribution is -2.36. The Balaban J connectivity index is 2.03. The van der Waals surface area contributed by atoms with E-state index in [-0.39, 0.29) is 4.75 Å². The molecule has 20 heavy (non-hydrogen) atoms. The first-order chi connectivity index (χ1) is 9.42. The van der Waals surface area contributed by atoms with Gasteiger partial charge in [-0.1, -0.05) is 19.1 Å². The highest BCUT2D eigenvalue weighted by atomic mass is 32.2. The monoisotopic (exact) mass is 293 g/mol. The quantitative estimate of drug-likeness (QED) is 0.883.